The van der Waals surface area contributed by atoms with E-state index in [4.69, 9.17) is 9.47 Å². The summed E-state index contributed by atoms with van der Waals surface area (Å²) in [5.41, 5.74) is 0.839. The lowest BCUT2D eigenvalue weighted by Gasteiger charge is -2.17. The van der Waals surface area contributed by atoms with E-state index in [1.165, 1.54) is 12.8 Å². The Morgan fingerprint density at radius 2 is 2.06 bits per heavy atom. The Balaban J connectivity index is 2.08. The van der Waals surface area contributed by atoms with Crippen molar-refractivity contribution in [2.45, 2.75) is 51.7 Å². The smallest absolute Gasteiger partial charge is 0.128 e. The zero-order valence-electron chi connectivity index (χ0n) is 11.0. The topological polar surface area (TPSA) is 38.7 Å². The third kappa shape index (κ3) is 3.39. The number of rotatable bonds is 6. The molecule has 2 rings (SSSR count). The summed E-state index contributed by atoms with van der Waals surface area (Å²) in [6, 6.07) is 5.68. The number of hydrogen-bond donors (Lipinski definition) is 1. The van der Waals surface area contributed by atoms with Crippen LogP contribution in [-0.4, -0.2) is 17.8 Å². The fourth-order valence-corrected chi connectivity index (χ4v) is 2.27. The summed E-state index contributed by atoms with van der Waals surface area (Å²) in [5, 5.41) is 9.34. The molecular formula is C15H22O3. The van der Waals surface area contributed by atoms with Gasteiger partial charge in [-0.1, -0.05) is 6.92 Å². The first-order valence-corrected chi connectivity index (χ1v) is 6.86. The van der Waals surface area contributed by atoms with E-state index in [2.05, 4.69) is 6.92 Å². The lowest BCUT2D eigenvalue weighted by Crippen LogP contribution is -2.12. The normalized spacial score (nSPS) is 15.9. The van der Waals surface area contributed by atoms with Crippen LogP contribution in [0.25, 0.3) is 0 Å². The van der Waals surface area contributed by atoms with Crippen LogP contribution in [-0.2, 0) is 6.61 Å². The van der Waals surface area contributed by atoms with Crippen molar-refractivity contribution in [3.63, 3.8) is 0 Å². The lowest BCUT2D eigenvalue weighted by molar-refractivity contribution is 0.198. The Morgan fingerprint density at radius 3 is 2.72 bits per heavy atom. The van der Waals surface area contributed by atoms with Crippen molar-refractivity contribution in [2.24, 2.45) is 0 Å². The van der Waals surface area contributed by atoms with Gasteiger partial charge in [0.1, 0.15) is 11.5 Å². The molecule has 100 valence electrons. The van der Waals surface area contributed by atoms with E-state index in [0.717, 1.165) is 36.3 Å². The molecule has 0 aromatic heterocycles. The molecule has 1 N–H and O–H groups in total. The zero-order valence-corrected chi connectivity index (χ0v) is 11.0. The first-order valence-electron chi connectivity index (χ1n) is 6.86. The van der Waals surface area contributed by atoms with Crippen LogP contribution in [0.3, 0.4) is 0 Å². The summed E-state index contributed by atoms with van der Waals surface area (Å²) in [5.74, 6) is 1.60. The number of benzene rings is 1. The van der Waals surface area contributed by atoms with Gasteiger partial charge in [-0.25, -0.2) is 0 Å². The molecule has 0 unspecified atom stereocenters. The molecule has 1 aliphatic rings. The number of aliphatic hydroxyl groups excluding tert-OH is 1. The molecule has 3 nitrogen and oxygen atoms in total. The molecule has 0 amide bonds. The van der Waals surface area contributed by atoms with Gasteiger partial charge in [0.2, 0.25) is 0 Å². The SMILES string of the molecule is CCCOc1ccc(CO)c(OC2CCCC2)c1. The van der Waals surface area contributed by atoms with Gasteiger partial charge in [0.05, 0.1) is 19.3 Å². The maximum Gasteiger partial charge on any atom is 0.128 e. The van der Waals surface area contributed by atoms with Crippen molar-refractivity contribution in [3.05, 3.63) is 23.8 Å². The average molecular weight is 250 g/mol. The molecule has 1 aliphatic carbocycles. The number of ether oxygens (including phenoxy) is 2. The Bertz CT molecular complexity index is 370. The van der Waals surface area contributed by atoms with Gasteiger partial charge in [0, 0.05) is 11.6 Å². The van der Waals surface area contributed by atoms with Crippen molar-refractivity contribution in [3.8, 4) is 11.5 Å². The summed E-state index contributed by atoms with van der Waals surface area (Å²) >= 11 is 0. The summed E-state index contributed by atoms with van der Waals surface area (Å²) in [6.07, 6.45) is 6.00. The van der Waals surface area contributed by atoms with Crippen molar-refractivity contribution in [2.75, 3.05) is 6.61 Å². The minimum absolute atomic E-state index is 0.0100. The highest BCUT2D eigenvalue weighted by Crippen LogP contribution is 2.30. The Hall–Kier alpha value is -1.22. The van der Waals surface area contributed by atoms with Gasteiger partial charge >= 0.3 is 0 Å². The second-order valence-corrected chi connectivity index (χ2v) is 4.80. The van der Waals surface area contributed by atoms with Gasteiger partial charge < -0.3 is 14.6 Å². The van der Waals surface area contributed by atoms with E-state index in [1.807, 2.05) is 18.2 Å². The first-order chi connectivity index (χ1) is 8.83. The van der Waals surface area contributed by atoms with Crippen LogP contribution in [0, 0.1) is 0 Å². The Labute approximate surface area is 109 Å². The molecule has 1 aromatic rings. The molecule has 0 radical (unpaired) electrons. The number of aliphatic hydroxyl groups is 1. The van der Waals surface area contributed by atoms with Crippen molar-refractivity contribution < 1.29 is 14.6 Å². The van der Waals surface area contributed by atoms with Crippen LogP contribution < -0.4 is 9.47 Å². The molecule has 0 bridgehead atoms. The maximum absolute atomic E-state index is 9.34. The second kappa shape index (κ2) is 6.64. The largest absolute Gasteiger partial charge is 0.493 e. The highest BCUT2D eigenvalue weighted by Gasteiger charge is 2.18. The van der Waals surface area contributed by atoms with Gasteiger partial charge in [-0.15, -0.1) is 0 Å². The zero-order chi connectivity index (χ0) is 12.8. The Morgan fingerprint density at radius 1 is 1.28 bits per heavy atom. The van der Waals surface area contributed by atoms with Crippen LogP contribution in [0.4, 0.5) is 0 Å². The Kier molecular flexibility index (Phi) is 4.88. The highest BCUT2D eigenvalue weighted by atomic mass is 16.5. The summed E-state index contributed by atoms with van der Waals surface area (Å²) in [6.45, 7) is 2.80. The molecule has 1 fully saturated rings. The van der Waals surface area contributed by atoms with Crippen molar-refractivity contribution >= 4 is 0 Å². The third-order valence-electron chi connectivity index (χ3n) is 3.28. The summed E-state index contributed by atoms with van der Waals surface area (Å²) in [7, 11) is 0. The van der Waals surface area contributed by atoms with Crippen LogP contribution in [0.5, 0.6) is 11.5 Å². The fraction of sp³-hybridized carbons (Fsp3) is 0.600. The van der Waals surface area contributed by atoms with Gasteiger partial charge in [0.25, 0.3) is 0 Å². The molecule has 0 saturated heterocycles. The van der Waals surface area contributed by atoms with E-state index in [9.17, 15) is 5.11 Å². The molecule has 1 aromatic carbocycles. The fourth-order valence-electron chi connectivity index (χ4n) is 2.27. The minimum atomic E-state index is 0.0100. The minimum Gasteiger partial charge on any atom is -0.493 e. The van der Waals surface area contributed by atoms with Crippen LogP contribution >= 0.6 is 0 Å². The van der Waals surface area contributed by atoms with E-state index in [0.29, 0.717) is 12.7 Å². The molecule has 0 heterocycles. The van der Waals surface area contributed by atoms with Crippen LogP contribution in [0.15, 0.2) is 18.2 Å². The van der Waals surface area contributed by atoms with E-state index >= 15 is 0 Å². The monoisotopic (exact) mass is 250 g/mol. The molecular weight excluding hydrogens is 228 g/mol. The van der Waals surface area contributed by atoms with E-state index < -0.39 is 0 Å². The maximum atomic E-state index is 9.34. The standard InChI is InChI=1S/C15H22O3/c1-2-9-17-14-8-7-12(11-16)15(10-14)18-13-5-3-4-6-13/h7-8,10,13,16H,2-6,9,11H2,1H3. The molecule has 1 saturated carbocycles. The summed E-state index contributed by atoms with van der Waals surface area (Å²) < 4.78 is 11.6. The molecule has 0 spiro atoms. The van der Waals surface area contributed by atoms with Gasteiger partial charge in [-0.3, -0.25) is 0 Å². The molecule has 0 aliphatic heterocycles. The lowest BCUT2D eigenvalue weighted by atomic mass is 10.2. The van der Waals surface area contributed by atoms with Crippen LogP contribution in [0.2, 0.25) is 0 Å². The molecule has 3 heteroatoms. The molecule has 0 atom stereocenters. The quantitative estimate of drug-likeness (QED) is 0.842. The predicted octanol–water partition coefficient (Wildman–Crippen LogP) is 3.29. The van der Waals surface area contributed by atoms with Gasteiger partial charge in [-0.2, -0.15) is 0 Å². The van der Waals surface area contributed by atoms with E-state index in [-0.39, 0.29) is 6.61 Å². The highest BCUT2D eigenvalue weighted by molar-refractivity contribution is 5.40. The van der Waals surface area contributed by atoms with E-state index in [1.54, 1.807) is 0 Å². The summed E-state index contributed by atoms with van der Waals surface area (Å²) in [4.78, 5) is 0. The van der Waals surface area contributed by atoms with Crippen molar-refractivity contribution in [1.29, 1.82) is 0 Å². The van der Waals surface area contributed by atoms with Gasteiger partial charge in [0.15, 0.2) is 0 Å². The molecule has 18 heavy (non-hydrogen) atoms. The van der Waals surface area contributed by atoms with Crippen LogP contribution in [0.1, 0.15) is 44.6 Å². The first kappa shape index (κ1) is 13.2. The number of hydrogen-bond acceptors (Lipinski definition) is 3. The third-order valence-corrected chi connectivity index (χ3v) is 3.28. The second-order valence-electron chi connectivity index (χ2n) is 4.80. The predicted molar refractivity (Wildman–Crippen MR) is 71.0 cm³/mol. The van der Waals surface area contributed by atoms with Gasteiger partial charge in [-0.05, 0) is 44.2 Å². The average Bonchev–Trinajstić information content (AvgIpc) is 2.89. The van der Waals surface area contributed by atoms with Crippen molar-refractivity contribution in [1.82, 2.24) is 0 Å².